The highest BCUT2D eigenvalue weighted by Gasteiger charge is 2.36. The molecule has 1 N–H and O–H groups in total. The van der Waals surface area contributed by atoms with E-state index >= 15 is 0 Å². The molecule has 3 heterocycles. The fraction of sp³-hybridized carbons (Fsp3) is 0.280. The van der Waals surface area contributed by atoms with E-state index in [1.54, 1.807) is 24.3 Å². The van der Waals surface area contributed by atoms with Gasteiger partial charge in [-0.2, -0.15) is 0 Å². The third kappa shape index (κ3) is 3.74. The lowest BCUT2D eigenvalue weighted by Gasteiger charge is -2.42. The summed E-state index contributed by atoms with van der Waals surface area (Å²) in [6.07, 6.45) is 1.01. The maximum Gasteiger partial charge on any atom is 0.321 e. The van der Waals surface area contributed by atoms with Gasteiger partial charge in [-0.3, -0.25) is 4.79 Å². The Morgan fingerprint density at radius 3 is 2.52 bits per heavy atom. The first-order chi connectivity index (χ1) is 15.0. The van der Waals surface area contributed by atoms with E-state index in [9.17, 15) is 9.59 Å². The monoisotopic (exact) mass is 433 g/mol. The van der Waals surface area contributed by atoms with Crippen molar-refractivity contribution in [3.63, 3.8) is 0 Å². The maximum atomic E-state index is 13.3. The molecule has 2 amide bonds. The molecule has 3 aromatic rings. The van der Waals surface area contributed by atoms with E-state index in [0.717, 1.165) is 34.5 Å². The van der Waals surface area contributed by atoms with Crippen LogP contribution in [0.4, 0.5) is 10.5 Å². The van der Waals surface area contributed by atoms with Gasteiger partial charge >= 0.3 is 6.03 Å². The van der Waals surface area contributed by atoms with Crippen molar-refractivity contribution in [2.75, 3.05) is 18.4 Å². The van der Waals surface area contributed by atoms with Crippen LogP contribution < -0.4 is 10.9 Å². The summed E-state index contributed by atoms with van der Waals surface area (Å²) in [5, 5.41) is 3.60. The highest BCUT2D eigenvalue weighted by molar-refractivity contribution is 6.30. The number of nitrogens with one attached hydrogen (secondary N) is 1. The van der Waals surface area contributed by atoms with Gasteiger partial charge in [0.25, 0.3) is 5.56 Å². The molecular formula is C25H24ClN3O2. The van der Waals surface area contributed by atoms with Crippen molar-refractivity contribution >= 4 is 23.3 Å². The van der Waals surface area contributed by atoms with Crippen molar-refractivity contribution in [1.82, 2.24) is 9.47 Å². The highest BCUT2D eigenvalue weighted by Crippen LogP contribution is 2.36. The van der Waals surface area contributed by atoms with E-state index in [2.05, 4.69) is 11.4 Å². The largest absolute Gasteiger partial charge is 0.324 e. The van der Waals surface area contributed by atoms with E-state index in [1.165, 1.54) is 0 Å². The van der Waals surface area contributed by atoms with Gasteiger partial charge in [0.2, 0.25) is 0 Å². The van der Waals surface area contributed by atoms with Crippen molar-refractivity contribution in [3.05, 3.63) is 87.3 Å². The lowest BCUT2D eigenvalue weighted by molar-refractivity contribution is 0.139. The van der Waals surface area contributed by atoms with Crippen LogP contribution in [-0.4, -0.2) is 28.6 Å². The van der Waals surface area contributed by atoms with Gasteiger partial charge in [-0.1, -0.05) is 35.9 Å². The molecule has 5 rings (SSSR count). The summed E-state index contributed by atoms with van der Waals surface area (Å²) in [7, 11) is 0. The second kappa shape index (κ2) is 7.89. The zero-order valence-corrected chi connectivity index (χ0v) is 18.1. The Kier molecular flexibility index (Phi) is 5.06. The lowest BCUT2D eigenvalue weighted by Crippen LogP contribution is -2.50. The molecule has 31 heavy (non-hydrogen) atoms. The van der Waals surface area contributed by atoms with Crippen molar-refractivity contribution in [2.24, 2.45) is 5.92 Å². The fourth-order valence-corrected chi connectivity index (χ4v) is 5.05. The number of piperidine rings is 1. The van der Waals surface area contributed by atoms with Crippen LogP contribution in [0, 0.1) is 12.8 Å². The molecule has 0 aliphatic carbocycles. The average molecular weight is 434 g/mol. The minimum Gasteiger partial charge on any atom is -0.324 e. The Morgan fingerprint density at radius 2 is 1.74 bits per heavy atom. The Labute approximate surface area is 186 Å². The number of hydrogen-bond donors (Lipinski definition) is 1. The van der Waals surface area contributed by atoms with Gasteiger partial charge in [-0.25, -0.2) is 4.79 Å². The zero-order valence-electron chi connectivity index (χ0n) is 17.3. The molecule has 0 unspecified atom stereocenters. The molecule has 2 aliphatic heterocycles. The highest BCUT2D eigenvalue weighted by atomic mass is 35.5. The number of likely N-dealkylation sites (tertiary alicyclic amines) is 1. The number of benzene rings is 2. The number of nitrogens with zero attached hydrogens (tertiary/aromatic N) is 2. The molecule has 2 bridgehead atoms. The number of anilines is 1. The first-order valence-corrected chi connectivity index (χ1v) is 11.0. The number of urea groups is 1. The van der Waals surface area contributed by atoms with Gasteiger partial charge in [0, 0.05) is 47.5 Å². The number of pyridine rings is 1. The summed E-state index contributed by atoms with van der Waals surface area (Å²) in [6.45, 7) is 3.94. The molecule has 2 aliphatic rings. The average Bonchev–Trinajstić information content (AvgIpc) is 2.76. The molecule has 158 valence electrons. The van der Waals surface area contributed by atoms with E-state index in [-0.39, 0.29) is 23.4 Å². The zero-order chi connectivity index (χ0) is 21.5. The third-order valence-corrected chi connectivity index (χ3v) is 6.67. The molecule has 6 heteroatoms. The summed E-state index contributed by atoms with van der Waals surface area (Å²) in [6, 6.07) is 19.0. The number of hydrogen-bond acceptors (Lipinski definition) is 2. The van der Waals surface area contributed by atoms with Crippen LogP contribution in [0.3, 0.4) is 0 Å². The predicted octanol–water partition coefficient (Wildman–Crippen LogP) is 5.13. The van der Waals surface area contributed by atoms with Crippen molar-refractivity contribution in [3.8, 4) is 11.1 Å². The Bertz CT molecular complexity index is 1200. The van der Waals surface area contributed by atoms with Gasteiger partial charge in [0.15, 0.2) is 0 Å². The van der Waals surface area contributed by atoms with Gasteiger partial charge in [-0.15, -0.1) is 0 Å². The van der Waals surface area contributed by atoms with Crippen LogP contribution in [0.2, 0.25) is 5.02 Å². The van der Waals surface area contributed by atoms with E-state index in [4.69, 9.17) is 11.6 Å². The first kappa shape index (κ1) is 19.9. The standard InChI is InChI=1S/C25H24ClN3O2/c1-16-4-2-3-5-21(16)22-10-11-23-18-12-17(14-29(23)24(22)30)13-28(15-18)25(31)27-20-8-6-19(26)7-9-20/h2-11,17-18H,12-15H2,1H3,(H,27,31)/t17-,18-/m1/s1. The van der Waals surface area contributed by atoms with Crippen LogP contribution in [0.25, 0.3) is 11.1 Å². The van der Waals surface area contributed by atoms with Crippen LogP contribution in [-0.2, 0) is 6.54 Å². The Morgan fingerprint density at radius 1 is 0.968 bits per heavy atom. The molecule has 1 saturated heterocycles. The fourth-order valence-electron chi connectivity index (χ4n) is 4.93. The SMILES string of the molecule is Cc1ccccc1-c1ccc2n(c1=O)C[C@@H]1C[C@@H]2CN(C(=O)Nc2ccc(Cl)cc2)C1. The summed E-state index contributed by atoms with van der Waals surface area (Å²) < 4.78 is 1.94. The first-order valence-electron chi connectivity index (χ1n) is 10.6. The van der Waals surface area contributed by atoms with Gasteiger partial charge in [0.05, 0.1) is 0 Å². The van der Waals surface area contributed by atoms with E-state index in [1.807, 2.05) is 46.7 Å². The van der Waals surface area contributed by atoms with Crippen LogP contribution in [0.1, 0.15) is 23.6 Å². The van der Waals surface area contributed by atoms with E-state index < -0.39 is 0 Å². The molecule has 2 aromatic carbocycles. The number of halogens is 1. The van der Waals surface area contributed by atoms with Gasteiger partial charge in [0.1, 0.15) is 0 Å². The number of carbonyl (C=O) groups excluding carboxylic acids is 1. The molecule has 0 saturated carbocycles. The molecular weight excluding hydrogens is 410 g/mol. The second-order valence-corrected chi connectivity index (χ2v) is 8.98. The number of carbonyl (C=O) groups is 1. The second-order valence-electron chi connectivity index (χ2n) is 8.54. The number of aromatic nitrogens is 1. The topological polar surface area (TPSA) is 54.3 Å². The minimum atomic E-state index is -0.107. The van der Waals surface area contributed by atoms with Crippen LogP contribution in [0.15, 0.2) is 65.5 Å². The quantitative estimate of drug-likeness (QED) is 0.609. The molecule has 1 fully saturated rings. The number of rotatable bonds is 2. The summed E-state index contributed by atoms with van der Waals surface area (Å²) in [4.78, 5) is 28.1. The molecule has 0 radical (unpaired) electrons. The van der Waals surface area contributed by atoms with Crippen molar-refractivity contribution in [2.45, 2.75) is 25.8 Å². The summed E-state index contributed by atoms with van der Waals surface area (Å²) >= 11 is 5.93. The minimum absolute atomic E-state index is 0.0700. The van der Waals surface area contributed by atoms with Gasteiger partial charge < -0.3 is 14.8 Å². The van der Waals surface area contributed by atoms with Crippen molar-refractivity contribution in [1.29, 1.82) is 0 Å². The van der Waals surface area contributed by atoms with Gasteiger partial charge in [-0.05, 0) is 66.8 Å². The molecule has 5 nitrogen and oxygen atoms in total. The Hall–Kier alpha value is -3.05. The van der Waals surface area contributed by atoms with Crippen LogP contribution >= 0.6 is 11.6 Å². The summed E-state index contributed by atoms with van der Waals surface area (Å²) in [5.41, 5.74) is 4.66. The Balaban J connectivity index is 1.40. The normalized spacial score (nSPS) is 19.6. The predicted molar refractivity (Wildman–Crippen MR) is 124 cm³/mol. The molecule has 0 spiro atoms. The molecule has 2 atom stereocenters. The molecule has 1 aromatic heterocycles. The van der Waals surface area contributed by atoms with Crippen molar-refractivity contribution < 1.29 is 4.79 Å². The summed E-state index contributed by atoms with van der Waals surface area (Å²) in [5.74, 6) is 0.439. The van der Waals surface area contributed by atoms with E-state index in [0.29, 0.717) is 24.7 Å². The maximum absolute atomic E-state index is 13.3. The number of aryl methyl sites for hydroxylation is 1. The third-order valence-electron chi connectivity index (χ3n) is 6.42. The smallest absolute Gasteiger partial charge is 0.321 e. The number of fused-ring (bicyclic) bond motifs is 4. The lowest BCUT2D eigenvalue weighted by atomic mass is 9.83. The van der Waals surface area contributed by atoms with Crippen LogP contribution in [0.5, 0.6) is 0 Å². The number of amides is 2.